The second kappa shape index (κ2) is 7.08. The molecule has 1 saturated heterocycles. The number of nitrogens with two attached hydrogens (primary N) is 1. The van der Waals surface area contributed by atoms with E-state index in [9.17, 15) is 19.6 Å². The lowest BCUT2D eigenvalue weighted by Crippen LogP contribution is -2.49. The first-order valence-electron chi connectivity index (χ1n) is 8.70. The topological polar surface area (TPSA) is 168 Å². The number of hydrogen-bond donors (Lipinski definition) is 3. The van der Waals surface area contributed by atoms with Gasteiger partial charge in [0.25, 0.3) is 5.85 Å². The Morgan fingerprint density at radius 2 is 2.13 bits per heavy atom. The molecule has 2 aromatic rings. The summed E-state index contributed by atoms with van der Waals surface area (Å²) in [7, 11) is -4.24. The third-order valence-electron chi connectivity index (χ3n) is 4.78. The molecule has 0 bridgehead atoms. The van der Waals surface area contributed by atoms with Crippen LogP contribution in [0.2, 0.25) is 0 Å². The van der Waals surface area contributed by atoms with Gasteiger partial charge in [0.15, 0.2) is 5.72 Å². The number of phosphoric acid groups is 1. The average molecular weight is 444 g/mol. The smallest absolute Gasteiger partial charge is 0.404 e. The average Bonchev–Trinajstić information content (AvgIpc) is 2.87. The monoisotopic (exact) mass is 444 g/mol. The molecule has 0 spiro atoms. The summed E-state index contributed by atoms with van der Waals surface area (Å²) in [4.78, 5) is 15.5. The third kappa shape index (κ3) is 3.39. The predicted octanol–water partition coefficient (Wildman–Crippen LogP) is 0.0449. The fourth-order valence-electron chi connectivity index (χ4n) is 3.17. The highest BCUT2D eigenvalue weighted by molar-refractivity contribution is 7.49. The van der Waals surface area contributed by atoms with Crippen LogP contribution in [0.25, 0.3) is 0 Å². The molecule has 1 aromatic carbocycles. The van der Waals surface area contributed by atoms with Crippen LogP contribution in [0.4, 0.5) is 10.2 Å². The summed E-state index contributed by atoms with van der Waals surface area (Å²) in [6, 6.07) is 6.59. The molecule has 0 aliphatic carbocycles. The van der Waals surface area contributed by atoms with Gasteiger partial charge >= 0.3 is 13.5 Å². The van der Waals surface area contributed by atoms with E-state index in [-0.39, 0.29) is 18.2 Å². The SMILES string of the molecule is C[C@@]1(n2ncc(N)nc2=O)O[C@](F)(COP2(=O)OCc3ccccc3O2)[C@@H](O)[C@H]1O. The Labute approximate surface area is 168 Å². The van der Waals surface area contributed by atoms with Crippen LogP contribution in [0.15, 0.2) is 35.3 Å². The van der Waals surface area contributed by atoms with E-state index in [0.717, 1.165) is 13.1 Å². The molecule has 30 heavy (non-hydrogen) atoms. The van der Waals surface area contributed by atoms with E-state index in [2.05, 4.69) is 10.1 Å². The number of halogens is 1. The van der Waals surface area contributed by atoms with Crippen LogP contribution in [0, 0.1) is 0 Å². The van der Waals surface area contributed by atoms with E-state index in [4.69, 9.17) is 24.0 Å². The summed E-state index contributed by atoms with van der Waals surface area (Å²) >= 11 is 0. The molecular weight excluding hydrogens is 426 g/mol. The molecule has 5 atom stereocenters. The van der Waals surface area contributed by atoms with Gasteiger partial charge in [0, 0.05) is 5.56 Å². The standard InChI is InChI=1S/C16H18FN4O8P/c1-15(21-14(24)20-11(18)6-19-21)12(22)13(23)16(17,29-15)8-27-30(25)26-7-9-4-2-3-5-10(9)28-30/h2-6,12-13,22-23H,7-8H2,1H3,(H2,18,20,24)/t12-,13+,15-,16-,30?/m1/s1. The van der Waals surface area contributed by atoms with Crippen LogP contribution in [0.3, 0.4) is 0 Å². The summed E-state index contributed by atoms with van der Waals surface area (Å²) in [6.45, 7) is -0.134. The van der Waals surface area contributed by atoms with Crippen molar-refractivity contribution < 1.29 is 37.5 Å². The molecule has 4 N–H and O–H groups in total. The molecule has 1 unspecified atom stereocenters. The summed E-state index contributed by atoms with van der Waals surface area (Å²) in [5, 5.41) is 24.3. The fourth-order valence-corrected chi connectivity index (χ4v) is 4.40. The number of hydrogen-bond acceptors (Lipinski definition) is 11. The Bertz CT molecular complexity index is 1090. The van der Waals surface area contributed by atoms with Gasteiger partial charge in [-0.1, -0.05) is 18.2 Å². The number of nitrogen functional groups attached to an aromatic ring is 1. The van der Waals surface area contributed by atoms with Crippen LogP contribution in [0.5, 0.6) is 5.75 Å². The number of para-hydroxylation sites is 1. The number of aliphatic hydroxyl groups excluding tert-OH is 2. The molecule has 4 rings (SSSR count). The van der Waals surface area contributed by atoms with Gasteiger partial charge in [-0.05, 0) is 13.0 Å². The molecule has 0 saturated carbocycles. The van der Waals surface area contributed by atoms with Crippen molar-refractivity contribution in [1.82, 2.24) is 14.8 Å². The van der Waals surface area contributed by atoms with Crippen molar-refractivity contribution in [3.05, 3.63) is 46.5 Å². The largest absolute Gasteiger partial charge is 0.530 e. The first kappa shape index (κ1) is 20.8. The second-order valence-electron chi connectivity index (χ2n) is 6.90. The number of nitrogens with zero attached hydrogens (tertiary/aromatic N) is 3. The lowest BCUT2D eigenvalue weighted by molar-refractivity contribution is -0.242. The van der Waals surface area contributed by atoms with Crippen LogP contribution in [-0.4, -0.2) is 49.6 Å². The number of aromatic nitrogens is 3. The molecule has 12 nitrogen and oxygen atoms in total. The molecule has 14 heteroatoms. The Kier molecular flexibility index (Phi) is 4.92. The number of benzene rings is 1. The van der Waals surface area contributed by atoms with E-state index in [1.165, 1.54) is 6.07 Å². The number of phosphoric ester groups is 1. The van der Waals surface area contributed by atoms with E-state index in [0.29, 0.717) is 10.2 Å². The van der Waals surface area contributed by atoms with Crippen LogP contribution >= 0.6 is 7.82 Å². The highest BCUT2D eigenvalue weighted by Crippen LogP contribution is 2.55. The zero-order valence-electron chi connectivity index (χ0n) is 15.5. The van der Waals surface area contributed by atoms with E-state index < -0.39 is 43.9 Å². The van der Waals surface area contributed by atoms with Crippen LogP contribution in [-0.2, 0) is 30.7 Å². The Morgan fingerprint density at radius 3 is 2.87 bits per heavy atom. The van der Waals surface area contributed by atoms with Crippen molar-refractivity contribution in [3.8, 4) is 5.75 Å². The molecule has 0 radical (unpaired) electrons. The fraction of sp³-hybridized carbons (Fsp3) is 0.438. The highest BCUT2D eigenvalue weighted by atomic mass is 31.2. The maximum absolute atomic E-state index is 15.4. The van der Waals surface area contributed by atoms with Crippen molar-refractivity contribution >= 4 is 13.6 Å². The molecule has 162 valence electrons. The Morgan fingerprint density at radius 1 is 1.40 bits per heavy atom. The molecule has 2 aliphatic rings. The van der Waals surface area contributed by atoms with Gasteiger partial charge in [-0.2, -0.15) is 14.8 Å². The highest BCUT2D eigenvalue weighted by Gasteiger charge is 2.64. The van der Waals surface area contributed by atoms with E-state index in [1.54, 1.807) is 18.2 Å². The number of aliphatic hydroxyl groups is 2. The lowest BCUT2D eigenvalue weighted by Gasteiger charge is -2.30. The lowest BCUT2D eigenvalue weighted by atomic mass is 10.0. The number of anilines is 1. The number of alkyl halides is 1. The van der Waals surface area contributed by atoms with Crippen LogP contribution < -0.4 is 15.9 Å². The van der Waals surface area contributed by atoms with Crippen molar-refractivity contribution in [1.29, 1.82) is 0 Å². The Balaban J connectivity index is 1.55. The normalized spacial score (nSPS) is 35.6. The quantitative estimate of drug-likeness (QED) is 0.545. The molecule has 3 heterocycles. The first-order chi connectivity index (χ1) is 14.1. The van der Waals surface area contributed by atoms with Crippen molar-refractivity contribution in [3.63, 3.8) is 0 Å². The maximum Gasteiger partial charge on any atom is 0.530 e. The van der Waals surface area contributed by atoms with Gasteiger partial charge in [0.2, 0.25) is 0 Å². The van der Waals surface area contributed by atoms with Crippen molar-refractivity contribution in [2.24, 2.45) is 0 Å². The minimum atomic E-state index is -4.24. The number of rotatable bonds is 4. The Hall–Kier alpha value is -2.41. The summed E-state index contributed by atoms with van der Waals surface area (Å²) in [5.74, 6) is -3.05. The van der Waals surface area contributed by atoms with Gasteiger partial charge in [-0.3, -0.25) is 9.05 Å². The van der Waals surface area contributed by atoms with Crippen LogP contribution in [0.1, 0.15) is 12.5 Å². The minimum Gasteiger partial charge on any atom is -0.404 e. The van der Waals surface area contributed by atoms with Crippen molar-refractivity contribution in [2.75, 3.05) is 12.3 Å². The van der Waals surface area contributed by atoms with Crippen molar-refractivity contribution in [2.45, 2.75) is 37.3 Å². The predicted molar refractivity (Wildman–Crippen MR) is 96.7 cm³/mol. The number of ether oxygens (including phenoxy) is 1. The first-order valence-corrected chi connectivity index (χ1v) is 10.2. The van der Waals surface area contributed by atoms with Gasteiger partial charge < -0.3 is 25.2 Å². The van der Waals surface area contributed by atoms with Gasteiger partial charge in [0.05, 0.1) is 12.8 Å². The van der Waals surface area contributed by atoms with Gasteiger partial charge in [-0.15, -0.1) is 0 Å². The van der Waals surface area contributed by atoms with E-state index >= 15 is 4.39 Å². The van der Waals surface area contributed by atoms with Gasteiger partial charge in [-0.25, -0.2) is 13.8 Å². The minimum absolute atomic E-state index is 0.104. The summed E-state index contributed by atoms with van der Waals surface area (Å²) in [6.07, 6.45) is -3.17. The third-order valence-corrected chi connectivity index (χ3v) is 6.09. The molecule has 0 amide bonds. The van der Waals surface area contributed by atoms with Gasteiger partial charge in [0.1, 0.15) is 30.4 Å². The zero-order chi connectivity index (χ0) is 21.7. The number of fused-ring (bicyclic) bond motifs is 1. The maximum atomic E-state index is 15.4. The molecule has 2 aliphatic heterocycles. The molecule has 1 fully saturated rings. The zero-order valence-corrected chi connectivity index (χ0v) is 16.4. The second-order valence-corrected chi connectivity index (χ2v) is 8.49. The summed E-state index contributed by atoms with van der Waals surface area (Å²) in [5.41, 5.74) is 2.78. The summed E-state index contributed by atoms with van der Waals surface area (Å²) < 4.78 is 49.1. The molecular formula is C16H18FN4O8P. The van der Waals surface area contributed by atoms with E-state index in [1.807, 2.05) is 0 Å². The molecule has 1 aromatic heterocycles.